The predicted octanol–water partition coefficient (Wildman–Crippen LogP) is 0.487. The summed E-state index contributed by atoms with van der Waals surface area (Å²) in [5.41, 5.74) is 9.23. The quantitative estimate of drug-likeness (QED) is 0.193. The van der Waals surface area contributed by atoms with E-state index in [1.54, 1.807) is 71.8 Å². The summed E-state index contributed by atoms with van der Waals surface area (Å²) in [4.78, 5) is 39.5. The van der Waals surface area contributed by atoms with Gasteiger partial charge in [0.1, 0.15) is 12.6 Å². The second-order valence-corrected chi connectivity index (χ2v) is 7.18. The fourth-order valence-electron chi connectivity index (χ4n) is 2.85. The topological polar surface area (TPSA) is 151 Å². The number of aromatic nitrogens is 2. The number of amides is 3. The van der Waals surface area contributed by atoms with Gasteiger partial charge in [-0.15, -0.1) is 0 Å². The normalized spacial score (nSPS) is 10.6. The highest BCUT2D eigenvalue weighted by atomic mass is 16.5. The molecule has 3 aromatic rings. The summed E-state index contributed by atoms with van der Waals surface area (Å²) in [5.74, 6) is 9.84. The lowest BCUT2D eigenvalue weighted by Gasteiger charge is -2.14. The van der Waals surface area contributed by atoms with Crippen molar-refractivity contribution in [3.8, 4) is 23.7 Å². The van der Waals surface area contributed by atoms with Crippen molar-refractivity contribution in [1.82, 2.24) is 20.3 Å². The molecule has 0 spiro atoms. The third-order valence-corrected chi connectivity index (χ3v) is 4.65. The third kappa shape index (κ3) is 7.58. The zero-order valence-corrected chi connectivity index (χ0v) is 18.5. The van der Waals surface area contributed by atoms with Crippen molar-refractivity contribution in [1.29, 1.82) is 0 Å². The minimum absolute atomic E-state index is 0.161. The Morgan fingerprint density at radius 2 is 1.63 bits per heavy atom. The second kappa shape index (κ2) is 12.4. The van der Waals surface area contributed by atoms with E-state index in [2.05, 4.69) is 39.3 Å². The van der Waals surface area contributed by atoms with Gasteiger partial charge in [-0.2, -0.15) is 0 Å². The Labute approximate surface area is 201 Å². The van der Waals surface area contributed by atoms with Gasteiger partial charge in [0.2, 0.25) is 5.91 Å². The molecule has 0 aliphatic heterocycles. The van der Waals surface area contributed by atoms with E-state index in [1.165, 1.54) is 5.48 Å². The Morgan fingerprint density at radius 1 is 1.00 bits per heavy atom. The lowest BCUT2D eigenvalue weighted by molar-refractivity contribution is -0.130. The van der Waals surface area contributed by atoms with Gasteiger partial charge in [-0.25, -0.2) is 10.5 Å². The molecular formula is C25H22N6O4. The summed E-state index contributed by atoms with van der Waals surface area (Å²) >= 11 is 0. The Hall–Kier alpha value is -4.90. The molecule has 0 saturated heterocycles. The van der Waals surface area contributed by atoms with Crippen LogP contribution in [0.25, 0.3) is 0 Å². The summed E-state index contributed by atoms with van der Waals surface area (Å²) in [7, 11) is 0. The SMILES string of the molecule is NC[C@H](NC(=O)c1ccc(C#CC#Cc2ccc(NC(=O)Cn3ccnc3)cc2)cc1)C(=O)NO. The first-order chi connectivity index (χ1) is 17.0. The summed E-state index contributed by atoms with van der Waals surface area (Å²) in [6, 6.07) is 12.4. The number of imidazole rings is 1. The van der Waals surface area contributed by atoms with Crippen molar-refractivity contribution in [2.24, 2.45) is 5.73 Å². The van der Waals surface area contributed by atoms with E-state index in [0.717, 1.165) is 5.56 Å². The molecule has 1 atom stereocenters. The third-order valence-electron chi connectivity index (χ3n) is 4.65. The van der Waals surface area contributed by atoms with Gasteiger partial charge in [0.15, 0.2) is 0 Å². The number of nitrogens with zero attached hydrogens (tertiary/aromatic N) is 2. The number of nitrogens with two attached hydrogens (primary N) is 1. The van der Waals surface area contributed by atoms with E-state index in [1.807, 2.05) is 0 Å². The Balaban J connectivity index is 1.53. The van der Waals surface area contributed by atoms with Crippen molar-refractivity contribution in [2.45, 2.75) is 12.6 Å². The number of anilines is 1. The molecule has 0 saturated carbocycles. The highest BCUT2D eigenvalue weighted by Gasteiger charge is 2.19. The van der Waals surface area contributed by atoms with Gasteiger partial charge in [0.05, 0.1) is 6.33 Å². The zero-order valence-electron chi connectivity index (χ0n) is 18.5. The molecule has 10 heteroatoms. The summed E-state index contributed by atoms with van der Waals surface area (Å²) in [6.45, 7) is 0.0158. The van der Waals surface area contributed by atoms with Crippen LogP contribution < -0.4 is 21.8 Å². The van der Waals surface area contributed by atoms with Crippen LogP contribution in [-0.4, -0.2) is 45.1 Å². The molecule has 6 N–H and O–H groups in total. The number of carbonyl (C=O) groups excluding carboxylic acids is 3. The van der Waals surface area contributed by atoms with E-state index < -0.39 is 17.9 Å². The van der Waals surface area contributed by atoms with Crippen LogP contribution in [0, 0.1) is 23.7 Å². The first-order valence-corrected chi connectivity index (χ1v) is 10.4. The molecule has 2 aromatic carbocycles. The predicted molar refractivity (Wildman–Crippen MR) is 128 cm³/mol. The Bertz CT molecular complexity index is 1290. The number of nitrogens with one attached hydrogen (secondary N) is 3. The highest BCUT2D eigenvalue weighted by Crippen LogP contribution is 2.09. The fraction of sp³-hybridized carbons (Fsp3) is 0.120. The van der Waals surface area contributed by atoms with Crippen LogP contribution in [-0.2, 0) is 16.1 Å². The number of rotatable bonds is 7. The van der Waals surface area contributed by atoms with Crippen LogP contribution in [0.5, 0.6) is 0 Å². The molecule has 0 fully saturated rings. The summed E-state index contributed by atoms with van der Waals surface area (Å²) < 4.78 is 1.67. The van der Waals surface area contributed by atoms with E-state index in [9.17, 15) is 14.4 Å². The lowest BCUT2D eigenvalue weighted by atomic mass is 10.1. The van der Waals surface area contributed by atoms with Gasteiger partial charge in [0, 0.05) is 41.3 Å². The standard InChI is InChI=1S/C25H22N6O4/c26-15-22(25(34)30-35)29-24(33)20-9-5-18(6-10-20)3-1-2-4-19-7-11-21(12-8-19)28-23(32)16-31-14-13-27-17-31/h5-14,17,22,35H,15-16,26H2,(H,28,32)(H,29,33)(H,30,34)/t22-/m0/s1. The number of hydroxylamine groups is 1. The highest BCUT2D eigenvalue weighted by molar-refractivity contribution is 5.97. The average Bonchev–Trinajstić information content (AvgIpc) is 3.38. The van der Waals surface area contributed by atoms with Crippen molar-refractivity contribution in [3.05, 3.63) is 83.9 Å². The molecule has 0 aliphatic rings. The molecule has 0 unspecified atom stereocenters. The van der Waals surface area contributed by atoms with Gasteiger partial charge in [-0.05, 0) is 60.4 Å². The first-order valence-electron chi connectivity index (χ1n) is 10.4. The molecule has 35 heavy (non-hydrogen) atoms. The van der Waals surface area contributed by atoms with Crippen LogP contribution in [0.1, 0.15) is 21.5 Å². The minimum Gasteiger partial charge on any atom is -0.339 e. The molecule has 0 aliphatic carbocycles. The first kappa shape index (κ1) is 24.7. The number of hydrogen-bond donors (Lipinski definition) is 5. The van der Waals surface area contributed by atoms with Crippen molar-refractivity contribution < 1.29 is 19.6 Å². The maximum atomic E-state index is 12.2. The summed E-state index contributed by atoms with van der Waals surface area (Å²) in [6.07, 6.45) is 4.90. The molecule has 0 bridgehead atoms. The Morgan fingerprint density at radius 3 is 2.17 bits per heavy atom. The molecule has 1 aromatic heterocycles. The lowest BCUT2D eigenvalue weighted by Crippen LogP contribution is -2.50. The van der Waals surface area contributed by atoms with Gasteiger partial charge < -0.3 is 20.9 Å². The zero-order chi connectivity index (χ0) is 25.0. The summed E-state index contributed by atoms with van der Waals surface area (Å²) in [5, 5.41) is 13.9. The second-order valence-electron chi connectivity index (χ2n) is 7.18. The monoisotopic (exact) mass is 470 g/mol. The van der Waals surface area contributed by atoms with E-state index >= 15 is 0 Å². The van der Waals surface area contributed by atoms with E-state index in [4.69, 9.17) is 10.9 Å². The number of benzene rings is 2. The molecule has 176 valence electrons. The van der Waals surface area contributed by atoms with Crippen LogP contribution in [0.15, 0.2) is 67.3 Å². The molecular weight excluding hydrogens is 448 g/mol. The van der Waals surface area contributed by atoms with Crippen molar-refractivity contribution >= 4 is 23.4 Å². The van der Waals surface area contributed by atoms with Crippen molar-refractivity contribution in [3.63, 3.8) is 0 Å². The molecule has 1 heterocycles. The average molecular weight is 470 g/mol. The molecule has 3 amide bonds. The van der Waals surface area contributed by atoms with Crippen molar-refractivity contribution in [2.75, 3.05) is 11.9 Å². The largest absolute Gasteiger partial charge is 0.339 e. The van der Waals surface area contributed by atoms with Gasteiger partial charge in [0.25, 0.3) is 11.8 Å². The van der Waals surface area contributed by atoms with Gasteiger partial charge in [-0.1, -0.05) is 11.8 Å². The van der Waals surface area contributed by atoms with Crippen LogP contribution >= 0.6 is 0 Å². The molecule has 0 radical (unpaired) electrons. The van der Waals surface area contributed by atoms with Crippen LogP contribution in [0.3, 0.4) is 0 Å². The van der Waals surface area contributed by atoms with Gasteiger partial charge >= 0.3 is 0 Å². The number of carbonyl (C=O) groups is 3. The van der Waals surface area contributed by atoms with E-state index in [0.29, 0.717) is 16.8 Å². The minimum atomic E-state index is -1.05. The maximum Gasteiger partial charge on any atom is 0.267 e. The van der Waals surface area contributed by atoms with E-state index in [-0.39, 0.29) is 19.0 Å². The Kier molecular flexibility index (Phi) is 8.74. The van der Waals surface area contributed by atoms with Crippen LogP contribution in [0.4, 0.5) is 5.69 Å². The smallest absolute Gasteiger partial charge is 0.267 e. The van der Waals surface area contributed by atoms with Crippen LogP contribution in [0.2, 0.25) is 0 Å². The molecule has 10 nitrogen and oxygen atoms in total. The van der Waals surface area contributed by atoms with Gasteiger partial charge in [-0.3, -0.25) is 19.6 Å². The fourth-order valence-corrected chi connectivity index (χ4v) is 2.85. The number of hydrogen-bond acceptors (Lipinski definition) is 6. The molecule has 3 rings (SSSR count). The maximum absolute atomic E-state index is 12.2.